The van der Waals surface area contributed by atoms with Gasteiger partial charge in [0.25, 0.3) is 0 Å². The van der Waals surface area contributed by atoms with Gasteiger partial charge in [0.05, 0.1) is 6.67 Å². The molecule has 7 heavy (non-hydrogen) atoms. The van der Waals surface area contributed by atoms with Crippen LogP contribution in [0.4, 0.5) is 0 Å². The minimum absolute atomic E-state index is 0.727. The van der Waals surface area contributed by atoms with E-state index in [4.69, 9.17) is 0 Å². The standard InChI is InChI=1S/C4H11N3/c1-3-6-7-4-5-2/h3,5,7H,4H2,1-2H3/b6-3+. The van der Waals surface area contributed by atoms with Crippen molar-refractivity contribution in [3.8, 4) is 0 Å². The fourth-order valence-corrected chi connectivity index (χ4v) is 0.216. The van der Waals surface area contributed by atoms with E-state index in [9.17, 15) is 0 Å². The molecular formula is C4H11N3. The van der Waals surface area contributed by atoms with Gasteiger partial charge in [-0.1, -0.05) is 0 Å². The summed E-state index contributed by atoms with van der Waals surface area (Å²) in [5, 5.41) is 6.60. The molecule has 0 unspecified atom stereocenters. The van der Waals surface area contributed by atoms with Gasteiger partial charge in [-0.3, -0.25) is 5.43 Å². The van der Waals surface area contributed by atoms with Crippen molar-refractivity contribution in [2.45, 2.75) is 6.92 Å². The molecule has 0 aromatic heterocycles. The molecule has 0 bridgehead atoms. The van der Waals surface area contributed by atoms with E-state index in [-0.39, 0.29) is 0 Å². The minimum Gasteiger partial charge on any atom is -0.302 e. The lowest BCUT2D eigenvalue weighted by Crippen LogP contribution is -2.20. The van der Waals surface area contributed by atoms with Gasteiger partial charge in [-0.25, -0.2) is 0 Å². The van der Waals surface area contributed by atoms with Gasteiger partial charge >= 0.3 is 0 Å². The summed E-state index contributed by atoms with van der Waals surface area (Å²) in [7, 11) is 1.86. The Bertz CT molecular complexity index is 50.9. The second-order valence-corrected chi connectivity index (χ2v) is 1.08. The molecular weight excluding hydrogens is 90.1 g/mol. The third-order valence-corrected chi connectivity index (χ3v) is 0.476. The van der Waals surface area contributed by atoms with Gasteiger partial charge in [-0.15, -0.1) is 0 Å². The Balaban J connectivity index is 2.69. The lowest BCUT2D eigenvalue weighted by atomic mass is 10.9. The molecule has 3 heteroatoms. The average Bonchev–Trinajstić information content (AvgIpc) is 1.69. The van der Waals surface area contributed by atoms with E-state index in [0.717, 1.165) is 6.67 Å². The molecule has 0 saturated carbocycles. The summed E-state index contributed by atoms with van der Waals surface area (Å²) in [6, 6.07) is 0. The highest BCUT2D eigenvalue weighted by Crippen LogP contribution is 1.48. The maximum absolute atomic E-state index is 3.72. The Morgan fingerprint density at radius 1 is 1.71 bits per heavy atom. The molecule has 0 fully saturated rings. The van der Waals surface area contributed by atoms with Crippen molar-refractivity contribution in [1.29, 1.82) is 0 Å². The summed E-state index contributed by atoms with van der Waals surface area (Å²) >= 11 is 0. The van der Waals surface area contributed by atoms with Crippen LogP contribution in [0, 0.1) is 0 Å². The van der Waals surface area contributed by atoms with Crippen LogP contribution in [0.3, 0.4) is 0 Å². The quantitative estimate of drug-likeness (QED) is 0.223. The van der Waals surface area contributed by atoms with Crippen molar-refractivity contribution in [2.24, 2.45) is 5.10 Å². The zero-order chi connectivity index (χ0) is 5.54. The molecule has 0 atom stereocenters. The van der Waals surface area contributed by atoms with Crippen LogP contribution >= 0.6 is 0 Å². The third kappa shape index (κ3) is 5.43. The number of nitrogens with zero attached hydrogens (tertiary/aromatic N) is 1. The molecule has 0 heterocycles. The third-order valence-electron chi connectivity index (χ3n) is 0.476. The van der Waals surface area contributed by atoms with Crippen LogP contribution in [0.1, 0.15) is 6.92 Å². The molecule has 0 spiro atoms. The van der Waals surface area contributed by atoms with E-state index in [2.05, 4.69) is 15.8 Å². The first kappa shape index (κ1) is 6.43. The van der Waals surface area contributed by atoms with Gasteiger partial charge in [0.2, 0.25) is 0 Å². The molecule has 0 aliphatic rings. The van der Waals surface area contributed by atoms with Gasteiger partial charge < -0.3 is 5.32 Å². The number of rotatable bonds is 3. The largest absolute Gasteiger partial charge is 0.302 e. The lowest BCUT2D eigenvalue weighted by Gasteiger charge is -1.93. The van der Waals surface area contributed by atoms with E-state index in [1.165, 1.54) is 0 Å². The fraction of sp³-hybridized carbons (Fsp3) is 0.750. The summed E-state index contributed by atoms with van der Waals surface area (Å²) in [5.41, 5.74) is 2.74. The second-order valence-electron chi connectivity index (χ2n) is 1.08. The van der Waals surface area contributed by atoms with E-state index in [0.29, 0.717) is 0 Å². The molecule has 0 saturated heterocycles. The summed E-state index contributed by atoms with van der Waals surface area (Å²) < 4.78 is 0. The van der Waals surface area contributed by atoms with Gasteiger partial charge in [-0.05, 0) is 14.0 Å². The first-order valence-electron chi connectivity index (χ1n) is 2.27. The molecule has 0 amide bonds. The Morgan fingerprint density at radius 2 is 2.43 bits per heavy atom. The molecule has 0 radical (unpaired) electrons. The zero-order valence-electron chi connectivity index (χ0n) is 4.73. The fourth-order valence-electron chi connectivity index (χ4n) is 0.216. The van der Waals surface area contributed by atoms with E-state index in [1.54, 1.807) is 6.21 Å². The van der Waals surface area contributed by atoms with Gasteiger partial charge in [0, 0.05) is 6.21 Å². The number of hydrogen-bond acceptors (Lipinski definition) is 3. The van der Waals surface area contributed by atoms with E-state index >= 15 is 0 Å². The van der Waals surface area contributed by atoms with E-state index < -0.39 is 0 Å². The van der Waals surface area contributed by atoms with Crippen LogP contribution < -0.4 is 10.7 Å². The lowest BCUT2D eigenvalue weighted by molar-refractivity contribution is 0.665. The Hall–Kier alpha value is -0.570. The molecule has 0 aliphatic carbocycles. The van der Waals surface area contributed by atoms with Crippen molar-refractivity contribution >= 4 is 6.21 Å². The highest BCUT2D eigenvalue weighted by molar-refractivity contribution is 5.52. The SMILES string of the molecule is C/C=N/NCNC. The summed E-state index contributed by atoms with van der Waals surface area (Å²) in [6.45, 7) is 2.59. The highest BCUT2D eigenvalue weighted by Gasteiger charge is 1.65. The first-order chi connectivity index (χ1) is 3.41. The van der Waals surface area contributed by atoms with Crippen molar-refractivity contribution in [3.05, 3.63) is 0 Å². The van der Waals surface area contributed by atoms with Crippen molar-refractivity contribution < 1.29 is 0 Å². The second kappa shape index (κ2) is 5.43. The van der Waals surface area contributed by atoms with Crippen molar-refractivity contribution in [2.75, 3.05) is 13.7 Å². The Labute approximate surface area is 43.8 Å². The van der Waals surface area contributed by atoms with Crippen molar-refractivity contribution in [3.63, 3.8) is 0 Å². The Morgan fingerprint density at radius 3 is 2.86 bits per heavy atom. The number of nitrogens with one attached hydrogen (secondary N) is 2. The van der Waals surface area contributed by atoms with Crippen LogP contribution in [0.25, 0.3) is 0 Å². The monoisotopic (exact) mass is 101 g/mol. The summed E-state index contributed by atoms with van der Waals surface area (Å²) in [4.78, 5) is 0. The van der Waals surface area contributed by atoms with Crippen LogP contribution in [0.2, 0.25) is 0 Å². The smallest absolute Gasteiger partial charge is 0.0820 e. The average molecular weight is 101 g/mol. The van der Waals surface area contributed by atoms with Crippen LogP contribution in [0.5, 0.6) is 0 Å². The van der Waals surface area contributed by atoms with Gasteiger partial charge in [0.1, 0.15) is 0 Å². The van der Waals surface area contributed by atoms with Crippen LogP contribution in [-0.4, -0.2) is 19.9 Å². The van der Waals surface area contributed by atoms with Crippen LogP contribution in [0.15, 0.2) is 5.10 Å². The number of hydrazone groups is 1. The molecule has 0 aliphatic heterocycles. The molecule has 0 rings (SSSR count). The first-order valence-corrected chi connectivity index (χ1v) is 2.27. The number of hydrogen-bond donors (Lipinski definition) is 2. The summed E-state index contributed by atoms with van der Waals surface area (Å²) in [5.74, 6) is 0. The maximum atomic E-state index is 3.72. The van der Waals surface area contributed by atoms with Crippen LogP contribution in [-0.2, 0) is 0 Å². The zero-order valence-corrected chi connectivity index (χ0v) is 4.73. The molecule has 42 valence electrons. The van der Waals surface area contributed by atoms with Gasteiger partial charge in [-0.2, -0.15) is 5.10 Å². The molecule has 0 aromatic carbocycles. The minimum atomic E-state index is 0.727. The van der Waals surface area contributed by atoms with Gasteiger partial charge in [0.15, 0.2) is 0 Å². The predicted molar refractivity (Wildman–Crippen MR) is 31.2 cm³/mol. The summed E-state index contributed by atoms with van der Waals surface area (Å²) in [6.07, 6.45) is 1.71. The molecule has 3 nitrogen and oxygen atoms in total. The topological polar surface area (TPSA) is 36.4 Å². The maximum Gasteiger partial charge on any atom is 0.0820 e. The molecule has 2 N–H and O–H groups in total. The highest BCUT2D eigenvalue weighted by atomic mass is 15.3. The molecule has 0 aromatic rings. The Kier molecular flexibility index (Phi) is 4.99. The van der Waals surface area contributed by atoms with E-state index in [1.807, 2.05) is 14.0 Å². The predicted octanol–water partition coefficient (Wildman–Crippen LogP) is -0.241. The normalized spacial score (nSPS) is 10.0. The van der Waals surface area contributed by atoms with Crippen molar-refractivity contribution in [1.82, 2.24) is 10.7 Å².